The first kappa shape index (κ1) is 17.3. The monoisotopic (exact) mass is 292 g/mol. The number of rotatable bonds is 10. The summed E-state index contributed by atoms with van der Waals surface area (Å²) in [4.78, 5) is 22.3. The Morgan fingerprint density at radius 2 is 2.05 bits per heavy atom. The fourth-order valence-corrected chi connectivity index (χ4v) is 1.99. The van der Waals surface area contributed by atoms with Gasteiger partial charge in [0.2, 0.25) is 5.91 Å². The van der Waals surface area contributed by atoms with E-state index in [-0.39, 0.29) is 18.7 Å². The maximum atomic E-state index is 11.9. The fraction of sp³-hybridized carbons (Fsp3) is 0.500. The first-order chi connectivity index (χ1) is 10.2. The van der Waals surface area contributed by atoms with E-state index in [9.17, 15) is 9.59 Å². The Morgan fingerprint density at radius 1 is 1.33 bits per heavy atom. The smallest absolute Gasteiger partial charge is 0.223 e. The van der Waals surface area contributed by atoms with Gasteiger partial charge in [-0.25, -0.2) is 0 Å². The molecule has 2 N–H and O–H groups in total. The van der Waals surface area contributed by atoms with Gasteiger partial charge in [0.25, 0.3) is 0 Å². The average molecular weight is 292 g/mol. The SMILES string of the molecule is CCNC(CC(=O)NCO[C@@H](C)C=O)Cc1ccccc1. The molecule has 0 fully saturated rings. The quantitative estimate of drug-likeness (QED) is 0.503. The molecule has 5 nitrogen and oxygen atoms in total. The standard InChI is InChI=1S/C16H24N2O3/c1-3-17-15(9-14-7-5-4-6-8-14)10-16(20)18-12-21-13(2)11-19/h4-8,11,13,15,17H,3,9-10,12H2,1-2H3,(H,18,20)/t13-,15?/m0/s1. The Kier molecular flexibility index (Phi) is 8.31. The van der Waals surface area contributed by atoms with Crippen molar-refractivity contribution in [3.8, 4) is 0 Å². The molecule has 0 saturated heterocycles. The van der Waals surface area contributed by atoms with Gasteiger partial charge < -0.3 is 20.2 Å². The van der Waals surface area contributed by atoms with Gasteiger partial charge in [-0.15, -0.1) is 0 Å². The van der Waals surface area contributed by atoms with Gasteiger partial charge in [-0.05, 0) is 25.5 Å². The number of aldehydes is 1. The number of ether oxygens (including phenoxy) is 1. The van der Waals surface area contributed by atoms with Crippen LogP contribution >= 0.6 is 0 Å². The topological polar surface area (TPSA) is 67.4 Å². The number of carbonyl (C=O) groups excluding carboxylic acids is 2. The van der Waals surface area contributed by atoms with Gasteiger partial charge in [-0.2, -0.15) is 0 Å². The van der Waals surface area contributed by atoms with E-state index in [1.165, 1.54) is 5.56 Å². The van der Waals surface area contributed by atoms with Crippen LogP contribution in [0, 0.1) is 0 Å². The minimum atomic E-state index is -0.501. The van der Waals surface area contributed by atoms with Crippen LogP contribution in [0.4, 0.5) is 0 Å². The predicted octanol–water partition coefficient (Wildman–Crippen LogP) is 1.28. The molecular formula is C16H24N2O3. The number of amides is 1. The van der Waals surface area contributed by atoms with Crippen LogP contribution in [-0.4, -0.2) is 37.6 Å². The van der Waals surface area contributed by atoms with Crippen LogP contribution in [0.15, 0.2) is 30.3 Å². The third-order valence-corrected chi connectivity index (χ3v) is 3.06. The second-order valence-corrected chi connectivity index (χ2v) is 4.90. The molecular weight excluding hydrogens is 268 g/mol. The van der Waals surface area contributed by atoms with Crippen molar-refractivity contribution in [2.45, 2.75) is 38.8 Å². The Labute approximate surface area is 126 Å². The van der Waals surface area contributed by atoms with Crippen molar-refractivity contribution in [3.05, 3.63) is 35.9 Å². The molecule has 0 aromatic heterocycles. The van der Waals surface area contributed by atoms with Crippen molar-refractivity contribution in [2.24, 2.45) is 0 Å². The molecule has 1 aromatic carbocycles. The van der Waals surface area contributed by atoms with Crippen LogP contribution in [0.25, 0.3) is 0 Å². The molecule has 0 radical (unpaired) electrons. The largest absolute Gasteiger partial charge is 0.351 e. The number of carbonyl (C=O) groups is 2. The van der Waals surface area contributed by atoms with Crippen LogP contribution in [0.3, 0.4) is 0 Å². The molecule has 1 unspecified atom stereocenters. The van der Waals surface area contributed by atoms with Crippen molar-refractivity contribution < 1.29 is 14.3 Å². The summed E-state index contributed by atoms with van der Waals surface area (Å²) in [6.07, 6.45) is 1.37. The molecule has 0 saturated carbocycles. The third-order valence-electron chi connectivity index (χ3n) is 3.06. The summed E-state index contributed by atoms with van der Waals surface area (Å²) in [5, 5.41) is 5.98. The third kappa shape index (κ3) is 7.58. The maximum absolute atomic E-state index is 11.9. The number of hydrogen-bond donors (Lipinski definition) is 2. The highest BCUT2D eigenvalue weighted by molar-refractivity contribution is 5.76. The van der Waals surface area contributed by atoms with Crippen LogP contribution in [-0.2, 0) is 20.7 Å². The van der Waals surface area contributed by atoms with Crippen LogP contribution in [0.2, 0.25) is 0 Å². The van der Waals surface area contributed by atoms with E-state index in [0.29, 0.717) is 12.7 Å². The maximum Gasteiger partial charge on any atom is 0.223 e. The fourth-order valence-electron chi connectivity index (χ4n) is 1.99. The molecule has 5 heteroatoms. The van der Waals surface area contributed by atoms with Crippen molar-refractivity contribution in [1.29, 1.82) is 0 Å². The van der Waals surface area contributed by atoms with Crippen molar-refractivity contribution in [3.63, 3.8) is 0 Å². The lowest BCUT2D eigenvalue weighted by molar-refractivity contribution is -0.126. The second kappa shape index (κ2) is 10.1. The van der Waals surface area contributed by atoms with Crippen LogP contribution < -0.4 is 10.6 Å². The summed E-state index contributed by atoms with van der Waals surface area (Å²) in [5.74, 6) is -0.0880. The van der Waals surface area contributed by atoms with E-state index in [4.69, 9.17) is 4.74 Å². The predicted molar refractivity (Wildman–Crippen MR) is 81.8 cm³/mol. The van der Waals surface area contributed by atoms with Gasteiger partial charge in [0.15, 0.2) is 0 Å². The van der Waals surface area contributed by atoms with Gasteiger partial charge >= 0.3 is 0 Å². The molecule has 2 atom stereocenters. The molecule has 21 heavy (non-hydrogen) atoms. The lowest BCUT2D eigenvalue weighted by Gasteiger charge is -2.18. The Balaban J connectivity index is 2.39. The number of likely N-dealkylation sites (N-methyl/N-ethyl adjacent to an activating group) is 1. The summed E-state index contributed by atoms with van der Waals surface area (Å²) in [7, 11) is 0. The summed E-state index contributed by atoms with van der Waals surface area (Å²) in [6, 6.07) is 10.2. The van der Waals surface area contributed by atoms with E-state index >= 15 is 0 Å². The highest BCUT2D eigenvalue weighted by Gasteiger charge is 2.13. The van der Waals surface area contributed by atoms with E-state index in [0.717, 1.165) is 13.0 Å². The first-order valence-electron chi connectivity index (χ1n) is 7.26. The van der Waals surface area contributed by atoms with Gasteiger partial charge in [-0.3, -0.25) is 4.79 Å². The lowest BCUT2D eigenvalue weighted by Crippen LogP contribution is -2.38. The first-order valence-corrected chi connectivity index (χ1v) is 7.26. The van der Waals surface area contributed by atoms with Crippen LogP contribution in [0.1, 0.15) is 25.8 Å². The number of hydrogen-bond acceptors (Lipinski definition) is 4. The molecule has 0 bridgehead atoms. The molecule has 1 amide bonds. The molecule has 0 aliphatic rings. The van der Waals surface area contributed by atoms with Gasteiger partial charge in [0.1, 0.15) is 19.1 Å². The minimum absolute atomic E-state index is 0.0585. The van der Waals surface area contributed by atoms with Gasteiger partial charge in [0.05, 0.1) is 0 Å². The normalized spacial score (nSPS) is 13.4. The zero-order chi connectivity index (χ0) is 15.5. The van der Waals surface area contributed by atoms with Crippen molar-refractivity contribution in [1.82, 2.24) is 10.6 Å². The Bertz CT molecular complexity index is 423. The summed E-state index contributed by atoms with van der Waals surface area (Å²) >= 11 is 0. The molecule has 0 spiro atoms. The average Bonchev–Trinajstić information content (AvgIpc) is 2.48. The Morgan fingerprint density at radius 3 is 2.67 bits per heavy atom. The van der Waals surface area contributed by atoms with Crippen molar-refractivity contribution >= 4 is 12.2 Å². The van der Waals surface area contributed by atoms with E-state index in [1.807, 2.05) is 25.1 Å². The summed E-state index contributed by atoms with van der Waals surface area (Å²) in [5.41, 5.74) is 1.20. The molecule has 116 valence electrons. The van der Waals surface area contributed by atoms with Gasteiger partial charge in [-0.1, -0.05) is 37.3 Å². The number of nitrogens with one attached hydrogen (secondary N) is 2. The van der Waals surface area contributed by atoms with Crippen molar-refractivity contribution in [2.75, 3.05) is 13.3 Å². The second-order valence-electron chi connectivity index (χ2n) is 4.90. The summed E-state index contributed by atoms with van der Waals surface area (Å²) < 4.78 is 5.10. The molecule has 0 heterocycles. The van der Waals surface area contributed by atoms with E-state index in [2.05, 4.69) is 22.8 Å². The van der Waals surface area contributed by atoms with Crippen LogP contribution in [0.5, 0.6) is 0 Å². The van der Waals surface area contributed by atoms with E-state index < -0.39 is 6.10 Å². The molecule has 1 rings (SSSR count). The summed E-state index contributed by atoms with van der Waals surface area (Å²) in [6.45, 7) is 4.52. The van der Waals surface area contributed by atoms with E-state index in [1.54, 1.807) is 6.92 Å². The Hall–Kier alpha value is -1.72. The minimum Gasteiger partial charge on any atom is -0.351 e. The highest BCUT2D eigenvalue weighted by atomic mass is 16.5. The molecule has 1 aromatic rings. The van der Waals surface area contributed by atoms with Gasteiger partial charge in [0, 0.05) is 12.5 Å². The molecule has 0 aliphatic heterocycles. The zero-order valence-corrected chi connectivity index (χ0v) is 12.7. The lowest BCUT2D eigenvalue weighted by atomic mass is 10.0. The number of benzene rings is 1. The highest BCUT2D eigenvalue weighted by Crippen LogP contribution is 2.06. The molecule has 0 aliphatic carbocycles. The zero-order valence-electron chi connectivity index (χ0n) is 12.7.